The van der Waals surface area contributed by atoms with E-state index in [9.17, 15) is 0 Å². The van der Waals surface area contributed by atoms with Gasteiger partial charge in [0.05, 0.1) is 33.5 Å². The van der Waals surface area contributed by atoms with Gasteiger partial charge in [-0.3, -0.25) is 4.57 Å². The monoisotopic (exact) mass is 668 g/mol. The number of aryl methyl sites for hydroxylation is 1. The van der Waals surface area contributed by atoms with Gasteiger partial charge in [-0.25, -0.2) is 9.97 Å². The molecule has 0 unspecified atom stereocenters. The van der Waals surface area contributed by atoms with Crippen molar-refractivity contribution in [2.24, 2.45) is 0 Å². The van der Waals surface area contributed by atoms with Crippen molar-refractivity contribution in [3.05, 3.63) is 176 Å². The van der Waals surface area contributed by atoms with Gasteiger partial charge in [0.1, 0.15) is 11.3 Å². The van der Waals surface area contributed by atoms with E-state index in [-0.39, 0.29) is 0 Å². The lowest BCUT2D eigenvalue weighted by atomic mass is 10.0. The number of hydrogen-bond acceptors (Lipinski definition) is 3. The fourth-order valence-electron chi connectivity index (χ4n) is 7.78. The van der Waals surface area contributed by atoms with Crippen LogP contribution in [0.3, 0.4) is 0 Å². The van der Waals surface area contributed by atoms with Crippen molar-refractivity contribution in [2.45, 2.75) is 6.92 Å². The molecular weight excluding hydrogens is 637 g/mol. The third-order valence-electron chi connectivity index (χ3n) is 10.1. The first kappa shape index (κ1) is 29.9. The number of benzene rings is 6. The third kappa shape index (κ3) is 4.49. The van der Waals surface area contributed by atoms with Gasteiger partial charge in [-0.15, -0.1) is 0 Å². The smallest absolute Gasteiger partial charge is 0.235 e. The second-order valence-electron chi connectivity index (χ2n) is 13.1. The Hall–Kier alpha value is -6.98. The number of allylic oxidation sites excluding steroid dienone is 2. The molecule has 4 aromatic heterocycles. The largest absolute Gasteiger partial charge is 0.456 e. The zero-order valence-electron chi connectivity index (χ0n) is 28.5. The summed E-state index contributed by atoms with van der Waals surface area (Å²) in [6, 6.07) is 51.0. The Labute approximate surface area is 300 Å². The second kappa shape index (κ2) is 11.8. The van der Waals surface area contributed by atoms with E-state index >= 15 is 0 Å². The molecule has 0 aliphatic carbocycles. The molecule has 0 radical (unpaired) electrons. The topological polar surface area (TPSA) is 48.8 Å². The van der Waals surface area contributed by atoms with E-state index in [2.05, 4.69) is 150 Å². The van der Waals surface area contributed by atoms with Crippen molar-refractivity contribution >= 4 is 60.7 Å². The highest BCUT2D eigenvalue weighted by molar-refractivity contribution is 6.26. The van der Waals surface area contributed by atoms with Crippen LogP contribution in [0.15, 0.2) is 169 Å². The van der Waals surface area contributed by atoms with Gasteiger partial charge in [-0.2, -0.15) is 0 Å². The molecule has 0 amide bonds. The highest BCUT2D eigenvalue weighted by Crippen LogP contribution is 2.42. The fraction of sp³-hybridized carbons (Fsp3) is 0.0213. The standard InChI is InChI=1S/C47H32N4O/c1-3-4-26-43-30(2)33-22-15-23-36(46(33)52-43)39-29-38(31-16-7-5-8-17-31)48-47(49-39)51-41-25-14-12-21-37(41)44-42(51)28-27-35-34-20-11-13-24-40(34)50(45(35)44)32-18-9-6-10-19-32/h3-29H,1H2,2H3/b26-4-. The van der Waals surface area contributed by atoms with E-state index in [4.69, 9.17) is 14.4 Å². The first-order valence-electron chi connectivity index (χ1n) is 17.5. The lowest BCUT2D eigenvalue weighted by molar-refractivity contribution is 0.602. The van der Waals surface area contributed by atoms with Crippen molar-refractivity contribution in [2.75, 3.05) is 0 Å². The van der Waals surface area contributed by atoms with E-state index in [0.717, 1.165) is 77.8 Å². The maximum absolute atomic E-state index is 6.53. The number of hydrogen-bond donors (Lipinski definition) is 0. The minimum absolute atomic E-state index is 0.594. The molecule has 246 valence electrons. The Kier molecular flexibility index (Phi) is 6.80. The number of fused-ring (bicyclic) bond motifs is 8. The quantitative estimate of drug-likeness (QED) is 0.166. The molecule has 0 spiro atoms. The van der Waals surface area contributed by atoms with Crippen LogP contribution in [-0.2, 0) is 0 Å². The molecule has 4 heterocycles. The molecule has 0 aliphatic rings. The van der Waals surface area contributed by atoms with Gasteiger partial charge in [-0.1, -0.05) is 122 Å². The number of aromatic nitrogens is 4. The second-order valence-corrected chi connectivity index (χ2v) is 13.1. The number of nitrogens with zero attached hydrogens (tertiary/aromatic N) is 4. The zero-order valence-corrected chi connectivity index (χ0v) is 28.5. The van der Waals surface area contributed by atoms with Gasteiger partial charge in [0.2, 0.25) is 5.95 Å². The normalized spacial score (nSPS) is 11.9. The maximum Gasteiger partial charge on any atom is 0.235 e. The minimum Gasteiger partial charge on any atom is -0.456 e. The van der Waals surface area contributed by atoms with Crippen molar-refractivity contribution in [1.82, 2.24) is 19.1 Å². The lowest BCUT2D eigenvalue weighted by Gasteiger charge is -2.12. The van der Waals surface area contributed by atoms with Crippen molar-refractivity contribution < 1.29 is 4.42 Å². The van der Waals surface area contributed by atoms with Gasteiger partial charge >= 0.3 is 0 Å². The minimum atomic E-state index is 0.594. The average molecular weight is 669 g/mol. The Morgan fingerprint density at radius 1 is 0.596 bits per heavy atom. The fourth-order valence-corrected chi connectivity index (χ4v) is 7.78. The van der Waals surface area contributed by atoms with E-state index in [1.54, 1.807) is 6.08 Å². The molecule has 10 aromatic rings. The molecule has 10 rings (SSSR count). The van der Waals surface area contributed by atoms with Crippen LogP contribution in [-0.4, -0.2) is 19.1 Å². The summed E-state index contributed by atoms with van der Waals surface area (Å²) in [5.41, 5.74) is 10.9. The van der Waals surface area contributed by atoms with Crippen LogP contribution >= 0.6 is 0 Å². The van der Waals surface area contributed by atoms with Crippen LogP contribution in [0.2, 0.25) is 0 Å². The van der Waals surface area contributed by atoms with E-state index in [1.165, 1.54) is 16.3 Å². The summed E-state index contributed by atoms with van der Waals surface area (Å²) in [5, 5.41) is 5.77. The summed E-state index contributed by atoms with van der Waals surface area (Å²) in [6.07, 6.45) is 5.62. The first-order chi connectivity index (χ1) is 25.7. The Morgan fingerprint density at radius 3 is 2.06 bits per heavy atom. The van der Waals surface area contributed by atoms with E-state index in [0.29, 0.717) is 5.95 Å². The van der Waals surface area contributed by atoms with Crippen molar-refractivity contribution in [1.29, 1.82) is 0 Å². The van der Waals surface area contributed by atoms with Crippen molar-refractivity contribution in [3.63, 3.8) is 0 Å². The Balaban J connectivity index is 1.31. The van der Waals surface area contributed by atoms with Gasteiger partial charge in [0, 0.05) is 49.3 Å². The SMILES string of the molecule is C=C/C=C\c1oc2c(-c3cc(-c4ccccc4)nc(-n4c5ccccc5c5c4ccc4c6ccccc6n(-c6ccccc6)c45)n3)cccc2c1C. The maximum atomic E-state index is 6.53. The van der Waals surface area contributed by atoms with Gasteiger partial charge in [0.15, 0.2) is 0 Å². The molecule has 0 bridgehead atoms. The summed E-state index contributed by atoms with van der Waals surface area (Å²) < 4.78 is 11.1. The van der Waals surface area contributed by atoms with Crippen LogP contribution in [0, 0.1) is 6.92 Å². The summed E-state index contributed by atoms with van der Waals surface area (Å²) in [6.45, 7) is 5.93. The molecule has 52 heavy (non-hydrogen) atoms. The highest BCUT2D eigenvalue weighted by atomic mass is 16.3. The van der Waals surface area contributed by atoms with Crippen LogP contribution in [0.4, 0.5) is 0 Å². The molecule has 0 saturated carbocycles. The van der Waals surface area contributed by atoms with Crippen LogP contribution in [0.1, 0.15) is 11.3 Å². The lowest BCUT2D eigenvalue weighted by Crippen LogP contribution is -2.04. The summed E-state index contributed by atoms with van der Waals surface area (Å²) in [4.78, 5) is 10.7. The molecule has 5 heteroatoms. The summed E-state index contributed by atoms with van der Waals surface area (Å²) >= 11 is 0. The molecule has 0 aliphatic heterocycles. The molecule has 0 fully saturated rings. The number of furan rings is 1. The Morgan fingerprint density at radius 2 is 1.27 bits per heavy atom. The third-order valence-corrected chi connectivity index (χ3v) is 10.1. The Bertz CT molecular complexity index is 3030. The van der Waals surface area contributed by atoms with Gasteiger partial charge < -0.3 is 8.98 Å². The number of rotatable bonds is 6. The summed E-state index contributed by atoms with van der Waals surface area (Å²) in [7, 11) is 0. The molecule has 6 aromatic carbocycles. The molecular formula is C47H32N4O. The van der Waals surface area contributed by atoms with Gasteiger partial charge in [-0.05, 0) is 55.5 Å². The van der Waals surface area contributed by atoms with Crippen molar-refractivity contribution in [3.8, 4) is 34.2 Å². The zero-order chi connectivity index (χ0) is 34.8. The first-order valence-corrected chi connectivity index (χ1v) is 17.5. The van der Waals surface area contributed by atoms with E-state index < -0.39 is 0 Å². The van der Waals surface area contributed by atoms with Gasteiger partial charge in [0.25, 0.3) is 0 Å². The van der Waals surface area contributed by atoms with Crippen LogP contribution in [0.25, 0.3) is 94.8 Å². The van der Waals surface area contributed by atoms with Crippen LogP contribution < -0.4 is 0 Å². The van der Waals surface area contributed by atoms with E-state index in [1.807, 2.05) is 30.4 Å². The predicted octanol–water partition coefficient (Wildman–Crippen LogP) is 12.3. The number of para-hydroxylation sites is 4. The molecule has 0 atom stereocenters. The summed E-state index contributed by atoms with van der Waals surface area (Å²) in [5.74, 6) is 1.40. The van der Waals surface area contributed by atoms with Crippen LogP contribution in [0.5, 0.6) is 0 Å². The molecule has 0 N–H and O–H groups in total. The highest BCUT2D eigenvalue weighted by Gasteiger charge is 2.23. The molecule has 5 nitrogen and oxygen atoms in total. The average Bonchev–Trinajstić information content (AvgIpc) is 3.84. The predicted molar refractivity (Wildman–Crippen MR) is 215 cm³/mol. The molecule has 0 saturated heterocycles.